The summed E-state index contributed by atoms with van der Waals surface area (Å²) in [6, 6.07) is 17.2. The third-order valence-electron chi connectivity index (χ3n) is 6.60. The van der Waals surface area contributed by atoms with Crippen LogP contribution in [-0.2, 0) is 27.9 Å². The van der Waals surface area contributed by atoms with Gasteiger partial charge in [-0.2, -0.15) is 4.31 Å². The summed E-state index contributed by atoms with van der Waals surface area (Å²) in [5, 5.41) is 0.406. The number of amides is 1. The van der Waals surface area contributed by atoms with Crippen molar-refractivity contribution in [3.8, 4) is 11.5 Å². The molecule has 1 fully saturated rings. The normalized spacial score (nSPS) is 15.7. The van der Waals surface area contributed by atoms with Gasteiger partial charge in [0.05, 0.1) is 11.4 Å². The zero-order valence-corrected chi connectivity index (χ0v) is 22.1. The third kappa shape index (κ3) is 6.10. The molecule has 0 radical (unpaired) electrons. The lowest BCUT2D eigenvalue weighted by Gasteiger charge is -2.35. The van der Waals surface area contributed by atoms with E-state index in [1.165, 1.54) is 48.5 Å². The van der Waals surface area contributed by atoms with E-state index < -0.39 is 15.8 Å². The zero-order valence-electron chi connectivity index (χ0n) is 20.6. The van der Waals surface area contributed by atoms with Gasteiger partial charge < -0.3 is 14.4 Å². The number of carbonyl (C=O) groups is 1. The van der Waals surface area contributed by atoms with Gasteiger partial charge in [-0.15, -0.1) is 0 Å². The van der Waals surface area contributed by atoms with E-state index in [2.05, 4.69) is 4.90 Å². The SMILES string of the molecule is O=C(CN(Cc1ccc(F)cc1)S(=O)(=O)c1ccc(Cl)cc1)N1CCN(Cc2ccc3c(c2)OCO3)CC1. The van der Waals surface area contributed by atoms with E-state index in [9.17, 15) is 17.6 Å². The van der Waals surface area contributed by atoms with Crippen LogP contribution in [0.25, 0.3) is 0 Å². The van der Waals surface area contributed by atoms with Crippen LogP contribution in [0.1, 0.15) is 11.1 Å². The third-order valence-corrected chi connectivity index (χ3v) is 8.66. The van der Waals surface area contributed by atoms with Gasteiger partial charge in [-0.3, -0.25) is 9.69 Å². The van der Waals surface area contributed by atoms with Crippen LogP contribution >= 0.6 is 11.6 Å². The lowest BCUT2D eigenvalue weighted by Crippen LogP contribution is -2.51. The molecule has 0 aromatic heterocycles. The Kier molecular flexibility index (Phi) is 7.85. The Morgan fingerprint density at radius 3 is 2.26 bits per heavy atom. The summed E-state index contributed by atoms with van der Waals surface area (Å²) in [5.41, 5.74) is 1.67. The molecule has 0 saturated carbocycles. The first-order valence-electron chi connectivity index (χ1n) is 12.2. The van der Waals surface area contributed by atoms with Crippen molar-refractivity contribution in [2.75, 3.05) is 39.5 Å². The van der Waals surface area contributed by atoms with Crippen LogP contribution in [0.4, 0.5) is 4.39 Å². The van der Waals surface area contributed by atoms with Crippen molar-refractivity contribution in [3.05, 3.63) is 88.7 Å². The van der Waals surface area contributed by atoms with E-state index in [0.717, 1.165) is 21.4 Å². The van der Waals surface area contributed by atoms with Gasteiger partial charge in [-0.1, -0.05) is 29.8 Å². The van der Waals surface area contributed by atoms with Crippen molar-refractivity contribution in [1.82, 2.24) is 14.1 Å². The molecule has 11 heteroatoms. The van der Waals surface area contributed by atoms with E-state index in [1.807, 2.05) is 18.2 Å². The van der Waals surface area contributed by atoms with Gasteiger partial charge >= 0.3 is 0 Å². The summed E-state index contributed by atoms with van der Waals surface area (Å²) in [6.45, 7) is 2.81. The van der Waals surface area contributed by atoms with Crippen molar-refractivity contribution in [2.24, 2.45) is 0 Å². The van der Waals surface area contributed by atoms with Crippen LogP contribution in [0.3, 0.4) is 0 Å². The summed E-state index contributed by atoms with van der Waals surface area (Å²) in [7, 11) is -4.02. The molecule has 200 valence electrons. The Balaban J connectivity index is 1.25. The van der Waals surface area contributed by atoms with Crippen LogP contribution in [0.5, 0.6) is 11.5 Å². The average Bonchev–Trinajstić information content (AvgIpc) is 3.38. The molecule has 3 aromatic rings. The van der Waals surface area contributed by atoms with Gasteiger partial charge in [0.25, 0.3) is 0 Å². The Hall–Kier alpha value is -3.18. The van der Waals surface area contributed by atoms with E-state index in [0.29, 0.717) is 43.3 Å². The standard InChI is InChI=1S/C27H27ClFN3O5S/c28-22-4-8-24(9-5-22)38(34,35)32(17-20-1-6-23(29)7-2-20)18-27(33)31-13-11-30(12-14-31)16-21-3-10-25-26(15-21)37-19-36-25/h1-10,15H,11-14,16-19H2. The highest BCUT2D eigenvalue weighted by atomic mass is 35.5. The predicted octanol–water partition coefficient (Wildman–Crippen LogP) is 3.74. The van der Waals surface area contributed by atoms with Crippen LogP contribution in [0, 0.1) is 5.82 Å². The van der Waals surface area contributed by atoms with Crippen molar-refractivity contribution in [2.45, 2.75) is 18.0 Å². The quantitative estimate of drug-likeness (QED) is 0.418. The van der Waals surface area contributed by atoms with E-state index in [1.54, 1.807) is 4.90 Å². The van der Waals surface area contributed by atoms with Crippen molar-refractivity contribution in [1.29, 1.82) is 0 Å². The summed E-state index contributed by atoms with van der Waals surface area (Å²) in [6.07, 6.45) is 0. The topological polar surface area (TPSA) is 79.4 Å². The molecule has 8 nitrogen and oxygen atoms in total. The highest BCUT2D eigenvalue weighted by molar-refractivity contribution is 7.89. The Morgan fingerprint density at radius 2 is 1.55 bits per heavy atom. The number of ether oxygens (including phenoxy) is 2. The minimum absolute atomic E-state index is 0.0327. The summed E-state index contributed by atoms with van der Waals surface area (Å²) < 4.78 is 52.3. The minimum atomic E-state index is -4.02. The van der Waals surface area contributed by atoms with Crippen molar-refractivity contribution in [3.63, 3.8) is 0 Å². The highest BCUT2D eigenvalue weighted by Gasteiger charge is 2.30. The molecule has 1 amide bonds. The average molecular weight is 560 g/mol. The molecule has 38 heavy (non-hydrogen) atoms. The second-order valence-corrected chi connectivity index (χ2v) is 11.6. The fraction of sp³-hybridized carbons (Fsp3) is 0.296. The van der Waals surface area contributed by atoms with E-state index in [4.69, 9.17) is 21.1 Å². The van der Waals surface area contributed by atoms with Gasteiger partial charge in [0.15, 0.2) is 11.5 Å². The zero-order chi connectivity index (χ0) is 26.7. The molecule has 0 unspecified atom stereocenters. The molecule has 0 atom stereocenters. The predicted molar refractivity (Wildman–Crippen MR) is 140 cm³/mol. The lowest BCUT2D eigenvalue weighted by atomic mass is 10.1. The van der Waals surface area contributed by atoms with Crippen molar-refractivity contribution < 1.29 is 27.1 Å². The van der Waals surface area contributed by atoms with Crippen LogP contribution < -0.4 is 9.47 Å². The van der Waals surface area contributed by atoms with Crippen LogP contribution in [0.2, 0.25) is 5.02 Å². The first-order valence-corrected chi connectivity index (χ1v) is 14.0. The number of rotatable bonds is 8. The van der Waals surface area contributed by atoms with Gasteiger partial charge in [0, 0.05) is 44.3 Å². The Labute approximate surface area is 226 Å². The molecule has 0 N–H and O–H groups in total. The first kappa shape index (κ1) is 26.4. The fourth-order valence-electron chi connectivity index (χ4n) is 4.48. The number of piperazine rings is 1. The monoisotopic (exact) mass is 559 g/mol. The molecule has 1 saturated heterocycles. The molecule has 0 aliphatic carbocycles. The second kappa shape index (κ2) is 11.3. The maximum atomic E-state index is 13.5. The molecular formula is C27H27ClFN3O5S. The molecule has 0 bridgehead atoms. The van der Waals surface area contributed by atoms with Crippen LogP contribution in [-0.4, -0.2) is 67.9 Å². The van der Waals surface area contributed by atoms with Gasteiger partial charge in [-0.05, 0) is 59.7 Å². The number of carbonyl (C=O) groups excluding carboxylic acids is 1. The number of hydrogen-bond donors (Lipinski definition) is 0. The molecule has 3 aromatic carbocycles. The molecule has 2 heterocycles. The summed E-state index contributed by atoms with van der Waals surface area (Å²) in [4.78, 5) is 17.2. The summed E-state index contributed by atoms with van der Waals surface area (Å²) in [5.74, 6) is 0.769. The number of hydrogen-bond acceptors (Lipinski definition) is 6. The Bertz CT molecular complexity index is 1400. The minimum Gasteiger partial charge on any atom is -0.454 e. The first-order chi connectivity index (χ1) is 18.3. The van der Waals surface area contributed by atoms with Crippen LogP contribution in [0.15, 0.2) is 71.6 Å². The molecular weight excluding hydrogens is 533 g/mol. The lowest BCUT2D eigenvalue weighted by molar-refractivity contribution is -0.133. The van der Waals surface area contributed by atoms with E-state index in [-0.39, 0.29) is 30.7 Å². The van der Waals surface area contributed by atoms with Crippen molar-refractivity contribution >= 4 is 27.5 Å². The maximum absolute atomic E-state index is 13.5. The highest BCUT2D eigenvalue weighted by Crippen LogP contribution is 2.33. The number of halogens is 2. The largest absolute Gasteiger partial charge is 0.454 e. The van der Waals surface area contributed by atoms with E-state index >= 15 is 0 Å². The molecule has 2 aliphatic rings. The molecule has 2 aliphatic heterocycles. The second-order valence-electron chi connectivity index (χ2n) is 9.20. The van der Waals surface area contributed by atoms with Gasteiger partial charge in [0.1, 0.15) is 5.82 Å². The number of nitrogens with zero attached hydrogens (tertiary/aromatic N) is 3. The molecule has 0 spiro atoms. The van der Waals surface area contributed by atoms with Gasteiger partial charge in [-0.25, -0.2) is 12.8 Å². The number of benzene rings is 3. The molecule has 5 rings (SSSR count). The Morgan fingerprint density at radius 1 is 0.895 bits per heavy atom. The van der Waals surface area contributed by atoms with Gasteiger partial charge in [0.2, 0.25) is 22.7 Å². The maximum Gasteiger partial charge on any atom is 0.243 e. The smallest absolute Gasteiger partial charge is 0.243 e. The number of fused-ring (bicyclic) bond motifs is 1. The fourth-order valence-corrected chi connectivity index (χ4v) is 5.98. The summed E-state index contributed by atoms with van der Waals surface area (Å²) >= 11 is 5.94. The number of sulfonamides is 1.